The number of benzene rings is 1. The summed E-state index contributed by atoms with van der Waals surface area (Å²) in [5, 5.41) is 15.0. The van der Waals surface area contributed by atoms with Crippen LogP contribution in [0.2, 0.25) is 0 Å². The van der Waals surface area contributed by atoms with Gasteiger partial charge in [0.25, 0.3) is 5.91 Å². The van der Waals surface area contributed by atoms with Gasteiger partial charge in [0.1, 0.15) is 41.2 Å². The second-order valence-electron chi connectivity index (χ2n) is 19.0. The van der Waals surface area contributed by atoms with Gasteiger partial charge in [0.2, 0.25) is 11.8 Å². The van der Waals surface area contributed by atoms with Gasteiger partial charge < -0.3 is 35.0 Å². The standard InChI is InChI=1S/C47H55F2N13O6/c1-25(2)62-45-39(43(50)53-24-54-45)40(57-62)41-38(42(68-58-41)28-3-4-28)44-51-21-29(22-52-44)26-7-15-61(16-8-26)47(66)67-23-36(64)60-17-11-31(12-18-60)59-13-9-27(10-14-59)37-32(48)19-30(20-33(37)49)55-34-5-6-35(63)56-46(34)65/h19-22,24-28,31,34,55H,3-18,23H2,1-2H3,(H2,50,53,54)(H,56,63,65). The van der Waals surface area contributed by atoms with Crippen molar-refractivity contribution in [2.45, 2.75) is 114 Å². The summed E-state index contributed by atoms with van der Waals surface area (Å²) >= 11 is 0. The molecule has 1 unspecified atom stereocenters. The quantitative estimate of drug-likeness (QED) is 0.136. The maximum absolute atomic E-state index is 15.3. The molecule has 21 heteroatoms. The van der Waals surface area contributed by atoms with E-state index in [4.69, 9.17) is 30.1 Å². The largest absolute Gasteiger partial charge is 0.439 e. The van der Waals surface area contributed by atoms with Crippen LogP contribution in [0.1, 0.15) is 119 Å². The average Bonchev–Trinajstić information content (AvgIpc) is 3.97. The molecule has 4 saturated heterocycles. The van der Waals surface area contributed by atoms with Crippen LogP contribution in [0.4, 0.5) is 25.1 Å². The van der Waals surface area contributed by atoms with Gasteiger partial charge in [-0.3, -0.25) is 19.7 Å². The van der Waals surface area contributed by atoms with E-state index in [0.29, 0.717) is 105 Å². The zero-order valence-corrected chi connectivity index (χ0v) is 38.1. The number of nitrogens with two attached hydrogens (primary N) is 1. The van der Waals surface area contributed by atoms with E-state index in [1.165, 1.54) is 18.5 Å². The minimum atomic E-state index is -0.738. The average molecular weight is 936 g/mol. The Kier molecular flexibility index (Phi) is 12.5. The van der Waals surface area contributed by atoms with Crippen molar-refractivity contribution in [3.05, 3.63) is 59.4 Å². The van der Waals surface area contributed by atoms with Gasteiger partial charge in [0.05, 0.1) is 10.9 Å². The molecule has 4 aromatic heterocycles. The molecule has 10 rings (SSSR count). The van der Waals surface area contributed by atoms with Gasteiger partial charge in [0, 0.05) is 74.2 Å². The van der Waals surface area contributed by atoms with Crippen LogP contribution in [0.25, 0.3) is 33.8 Å². The van der Waals surface area contributed by atoms with Gasteiger partial charge in [0.15, 0.2) is 23.8 Å². The molecule has 19 nitrogen and oxygen atoms in total. The number of nitrogens with zero attached hydrogens (tertiary/aromatic N) is 10. The Hall–Kier alpha value is -6.64. The van der Waals surface area contributed by atoms with E-state index in [-0.39, 0.29) is 72.4 Å². The maximum Gasteiger partial charge on any atom is 0.410 e. The van der Waals surface area contributed by atoms with E-state index in [0.717, 1.165) is 37.0 Å². The molecule has 68 heavy (non-hydrogen) atoms. The number of rotatable bonds is 11. The first-order valence-electron chi connectivity index (χ1n) is 23.7. The molecule has 1 aliphatic carbocycles. The number of ether oxygens (including phenoxy) is 1. The smallest absolute Gasteiger partial charge is 0.410 e. The number of piperidine rings is 4. The van der Waals surface area contributed by atoms with E-state index >= 15 is 8.78 Å². The molecule has 1 atom stereocenters. The number of nitrogen functional groups attached to an aromatic ring is 1. The second kappa shape index (κ2) is 18.8. The summed E-state index contributed by atoms with van der Waals surface area (Å²) in [6, 6.07) is 1.95. The number of amides is 4. The number of carbonyl (C=O) groups excluding carboxylic acids is 4. The Bertz CT molecular complexity index is 2690. The Labute approximate surface area is 390 Å². The van der Waals surface area contributed by atoms with Gasteiger partial charge >= 0.3 is 6.09 Å². The molecule has 5 aromatic rings. The number of fused-ring (bicyclic) bond motifs is 1. The topological polar surface area (TPSA) is 233 Å². The molecule has 1 aromatic carbocycles. The number of nitrogens with one attached hydrogen (secondary N) is 2. The van der Waals surface area contributed by atoms with Crippen LogP contribution < -0.4 is 16.4 Å². The molecule has 8 heterocycles. The molecular weight excluding hydrogens is 881 g/mol. The summed E-state index contributed by atoms with van der Waals surface area (Å²) in [6.07, 6.45) is 11.0. The number of halogens is 2. The Morgan fingerprint density at radius 3 is 2.19 bits per heavy atom. The molecule has 4 N–H and O–H groups in total. The first-order chi connectivity index (χ1) is 32.9. The van der Waals surface area contributed by atoms with Crippen molar-refractivity contribution in [2.24, 2.45) is 0 Å². The highest BCUT2D eigenvalue weighted by atomic mass is 19.1. The van der Waals surface area contributed by atoms with E-state index in [1.54, 1.807) is 14.5 Å². The highest BCUT2D eigenvalue weighted by Gasteiger charge is 2.37. The first kappa shape index (κ1) is 45.2. The molecule has 5 fully saturated rings. The second-order valence-corrected chi connectivity index (χ2v) is 19.0. The molecule has 4 amide bonds. The molecule has 4 aliphatic heterocycles. The monoisotopic (exact) mass is 935 g/mol. The van der Waals surface area contributed by atoms with Gasteiger partial charge in [-0.25, -0.2) is 38.2 Å². The lowest BCUT2D eigenvalue weighted by molar-refractivity contribution is -0.136. The zero-order valence-electron chi connectivity index (χ0n) is 38.1. The number of likely N-dealkylation sites (tertiary alicyclic amines) is 3. The van der Waals surface area contributed by atoms with Crippen molar-refractivity contribution in [2.75, 3.05) is 56.9 Å². The SMILES string of the molecule is CC(C)n1nc(-c2noc(C3CC3)c2-c2ncc(C3CCN(C(=O)OCC(=O)N4CCC(N5CCC(c6c(F)cc(NC7CCC(=O)NC7=O)cc6F)CC5)CC4)CC3)cn2)c2c(N)ncnc21. The molecule has 0 bridgehead atoms. The van der Waals surface area contributed by atoms with Gasteiger partial charge in [-0.05, 0) is 114 Å². The van der Waals surface area contributed by atoms with Crippen molar-refractivity contribution in [1.29, 1.82) is 0 Å². The lowest BCUT2D eigenvalue weighted by atomic mass is 9.87. The zero-order chi connectivity index (χ0) is 47.2. The molecular formula is C47H55F2N13O6. The van der Waals surface area contributed by atoms with Crippen molar-refractivity contribution in [3.63, 3.8) is 0 Å². The normalized spacial score (nSPS) is 20.3. The van der Waals surface area contributed by atoms with Crippen LogP contribution in [-0.2, 0) is 19.1 Å². The van der Waals surface area contributed by atoms with Crippen molar-refractivity contribution < 1.29 is 37.2 Å². The third kappa shape index (κ3) is 9.06. The minimum absolute atomic E-state index is 0.00783. The number of hydrogen-bond donors (Lipinski definition) is 3. The van der Waals surface area contributed by atoms with Crippen molar-refractivity contribution in [1.82, 2.24) is 54.9 Å². The fourth-order valence-electron chi connectivity index (χ4n) is 10.3. The summed E-state index contributed by atoms with van der Waals surface area (Å²) in [7, 11) is 0. The van der Waals surface area contributed by atoms with Crippen LogP contribution in [0.5, 0.6) is 0 Å². The summed E-state index contributed by atoms with van der Waals surface area (Å²) in [5.41, 5.74) is 9.85. The number of anilines is 2. The summed E-state index contributed by atoms with van der Waals surface area (Å²) in [5.74, 6) is -0.860. The number of aromatic nitrogens is 7. The third-order valence-corrected chi connectivity index (χ3v) is 14.3. The summed E-state index contributed by atoms with van der Waals surface area (Å²) in [6.45, 7) is 7.03. The van der Waals surface area contributed by atoms with Crippen LogP contribution >= 0.6 is 0 Å². The molecule has 1 saturated carbocycles. The van der Waals surface area contributed by atoms with Gasteiger partial charge in [-0.15, -0.1) is 0 Å². The first-order valence-corrected chi connectivity index (χ1v) is 23.7. The maximum atomic E-state index is 15.3. The number of hydrogen-bond acceptors (Lipinski definition) is 15. The van der Waals surface area contributed by atoms with E-state index in [2.05, 4.69) is 30.7 Å². The predicted octanol–water partition coefficient (Wildman–Crippen LogP) is 5.66. The van der Waals surface area contributed by atoms with Crippen LogP contribution in [0, 0.1) is 11.6 Å². The number of imide groups is 1. The third-order valence-electron chi connectivity index (χ3n) is 14.3. The highest BCUT2D eigenvalue weighted by molar-refractivity contribution is 6.02. The van der Waals surface area contributed by atoms with Crippen molar-refractivity contribution >= 4 is 46.4 Å². The van der Waals surface area contributed by atoms with E-state index in [9.17, 15) is 19.2 Å². The lowest BCUT2D eigenvalue weighted by Gasteiger charge is -2.42. The molecule has 0 spiro atoms. The van der Waals surface area contributed by atoms with Crippen LogP contribution in [-0.4, -0.2) is 131 Å². The Morgan fingerprint density at radius 2 is 1.53 bits per heavy atom. The molecule has 358 valence electrons. The highest BCUT2D eigenvalue weighted by Crippen LogP contribution is 2.48. The Balaban J connectivity index is 0.676. The van der Waals surface area contributed by atoms with Gasteiger partial charge in [-0.2, -0.15) is 5.10 Å². The van der Waals surface area contributed by atoms with Crippen LogP contribution in [0.15, 0.2) is 35.4 Å². The molecule has 0 radical (unpaired) electrons. The van der Waals surface area contributed by atoms with Gasteiger partial charge in [-0.1, -0.05) is 5.16 Å². The van der Waals surface area contributed by atoms with E-state index < -0.39 is 29.7 Å². The summed E-state index contributed by atoms with van der Waals surface area (Å²) < 4.78 is 43.9. The Morgan fingerprint density at radius 1 is 0.853 bits per heavy atom. The fourth-order valence-corrected chi connectivity index (χ4v) is 10.3. The predicted molar refractivity (Wildman–Crippen MR) is 243 cm³/mol. The van der Waals surface area contributed by atoms with Crippen LogP contribution in [0.3, 0.4) is 0 Å². The number of carbonyl (C=O) groups is 4. The molecule has 5 aliphatic rings. The van der Waals surface area contributed by atoms with Crippen molar-refractivity contribution in [3.8, 4) is 22.8 Å². The summed E-state index contributed by atoms with van der Waals surface area (Å²) in [4.78, 5) is 73.9. The fraction of sp³-hybridized carbons (Fsp3) is 0.532. The minimum Gasteiger partial charge on any atom is -0.439 e. The van der Waals surface area contributed by atoms with E-state index in [1.807, 2.05) is 26.2 Å². The lowest BCUT2D eigenvalue weighted by Crippen LogP contribution is -2.49.